The molecule has 11 heteroatoms. The van der Waals surface area contributed by atoms with Gasteiger partial charge in [-0.3, -0.25) is 0 Å². The molecule has 6 nitrogen and oxygen atoms in total. The lowest BCUT2D eigenvalue weighted by molar-refractivity contribution is -0.146. The molecule has 1 N–H and O–H groups in total. The molecule has 0 saturated carbocycles. The van der Waals surface area contributed by atoms with Gasteiger partial charge in [-0.05, 0) is 37.1 Å². The van der Waals surface area contributed by atoms with Crippen LogP contribution in [0.2, 0.25) is 0 Å². The Balaban J connectivity index is 1.98. The molecule has 0 saturated heterocycles. The number of anilines is 1. The summed E-state index contributed by atoms with van der Waals surface area (Å²) in [5.74, 6) is -3.25. The zero-order valence-electron chi connectivity index (χ0n) is 14.0. The highest BCUT2D eigenvalue weighted by Crippen LogP contribution is 2.29. The highest BCUT2D eigenvalue weighted by Gasteiger charge is 2.38. The van der Waals surface area contributed by atoms with Crippen molar-refractivity contribution in [2.45, 2.75) is 26.6 Å². The predicted molar refractivity (Wildman–Crippen MR) is 83.7 cm³/mol. The standard InChI is InChI=1S/C16H11F5N6/c1-7-8(2)14-24-25-15(16(19,20)21)27(14)26-13(7)23-6-9-3-11(17)10(5-22)12(18)4-9/h3-4H,6H2,1-2H3,(H,23,26). The quantitative estimate of drug-likeness (QED) is 0.702. The monoisotopic (exact) mass is 382 g/mol. The van der Waals surface area contributed by atoms with Crippen LogP contribution in [0.25, 0.3) is 5.65 Å². The summed E-state index contributed by atoms with van der Waals surface area (Å²) < 4.78 is 67.0. The summed E-state index contributed by atoms with van der Waals surface area (Å²) >= 11 is 0. The second-order valence-corrected chi connectivity index (χ2v) is 5.76. The van der Waals surface area contributed by atoms with E-state index in [4.69, 9.17) is 5.26 Å². The average Bonchev–Trinajstić information content (AvgIpc) is 3.01. The van der Waals surface area contributed by atoms with Crippen LogP contribution < -0.4 is 5.32 Å². The molecule has 140 valence electrons. The van der Waals surface area contributed by atoms with Crippen LogP contribution in [0.4, 0.5) is 27.8 Å². The van der Waals surface area contributed by atoms with Crippen LogP contribution in [0.3, 0.4) is 0 Å². The highest BCUT2D eigenvalue weighted by atomic mass is 19.4. The van der Waals surface area contributed by atoms with Gasteiger partial charge in [0, 0.05) is 12.1 Å². The van der Waals surface area contributed by atoms with E-state index in [9.17, 15) is 22.0 Å². The lowest BCUT2D eigenvalue weighted by Gasteiger charge is -2.13. The van der Waals surface area contributed by atoms with Crippen molar-refractivity contribution >= 4 is 11.5 Å². The first-order valence-electron chi connectivity index (χ1n) is 7.55. The number of nitrogens with zero attached hydrogens (tertiary/aromatic N) is 5. The maximum atomic E-state index is 13.7. The third kappa shape index (κ3) is 3.25. The molecule has 0 bridgehead atoms. The van der Waals surface area contributed by atoms with Gasteiger partial charge in [0.2, 0.25) is 0 Å². The first-order valence-corrected chi connectivity index (χ1v) is 7.55. The molecule has 0 amide bonds. The van der Waals surface area contributed by atoms with Crippen molar-refractivity contribution < 1.29 is 22.0 Å². The number of aromatic nitrogens is 4. The minimum atomic E-state index is -4.75. The van der Waals surface area contributed by atoms with Gasteiger partial charge in [0.25, 0.3) is 5.82 Å². The number of hydrogen-bond acceptors (Lipinski definition) is 5. The van der Waals surface area contributed by atoms with Gasteiger partial charge in [0.15, 0.2) is 11.5 Å². The van der Waals surface area contributed by atoms with Crippen LogP contribution in [0.1, 0.15) is 28.1 Å². The fourth-order valence-corrected chi connectivity index (χ4v) is 2.49. The maximum absolute atomic E-state index is 13.7. The molecule has 0 aliphatic carbocycles. The van der Waals surface area contributed by atoms with Crippen LogP contribution in [0.5, 0.6) is 0 Å². The number of alkyl halides is 3. The molecule has 0 aliphatic rings. The number of benzene rings is 1. The van der Waals surface area contributed by atoms with Crippen molar-refractivity contribution in [1.82, 2.24) is 19.8 Å². The van der Waals surface area contributed by atoms with E-state index in [1.165, 1.54) is 6.07 Å². The second kappa shape index (κ2) is 6.46. The van der Waals surface area contributed by atoms with Gasteiger partial charge < -0.3 is 5.32 Å². The summed E-state index contributed by atoms with van der Waals surface area (Å²) in [5.41, 5.74) is 0.346. The molecule has 0 fully saturated rings. The lowest BCUT2D eigenvalue weighted by atomic mass is 10.1. The molecule has 0 aliphatic heterocycles. The minimum absolute atomic E-state index is 0.0409. The van der Waals surface area contributed by atoms with Gasteiger partial charge >= 0.3 is 6.18 Å². The third-order valence-electron chi connectivity index (χ3n) is 4.02. The Hall–Kier alpha value is -3.29. The largest absolute Gasteiger partial charge is 0.453 e. The second-order valence-electron chi connectivity index (χ2n) is 5.76. The first-order chi connectivity index (χ1) is 12.6. The topological polar surface area (TPSA) is 78.9 Å². The maximum Gasteiger partial charge on any atom is 0.453 e. The molecule has 3 rings (SSSR count). The Morgan fingerprint density at radius 3 is 2.30 bits per heavy atom. The van der Waals surface area contributed by atoms with E-state index < -0.39 is 29.2 Å². The van der Waals surface area contributed by atoms with Crippen molar-refractivity contribution in [2.24, 2.45) is 0 Å². The predicted octanol–water partition coefficient (Wildman–Crippen LogP) is 3.52. The number of fused-ring (bicyclic) bond motifs is 1. The van der Waals surface area contributed by atoms with Gasteiger partial charge in [-0.2, -0.15) is 22.9 Å². The normalized spacial score (nSPS) is 11.6. The highest BCUT2D eigenvalue weighted by molar-refractivity contribution is 5.58. The van der Waals surface area contributed by atoms with Crippen molar-refractivity contribution in [3.63, 3.8) is 0 Å². The van der Waals surface area contributed by atoms with E-state index in [0.717, 1.165) is 12.1 Å². The van der Waals surface area contributed by atoms with Crippen molar-refractivity contribution in [1.29, 1.82) is 5.26 Å². The number of hydrogen-bond donors (Lipinski definition) is 1. The number of nitrogens with one attached hydrogen (secondary N) is 1. The van der Waals surface area contributed by atoms with Crippen LogP contribution in [-0.2, 0) is 12.7 Å². The van der Waals surface area contributed by atoms with E-state index in [2.05, 4.69) is 20.6 Å². The van der Waals surface area contributed by atoms with Crippen molar-refractivity contribution in [3.8, 4) is 6.07 Å². The number of aryl methyl sites for hydroxylation is 1. The summed E-state index contributed by atoms with van der Waals surface area (Å²) in [7, 11) is 0. The summed E-state index contributed by atoms with van der Waals surface area (Å²) in [4.78, 5) is 0. The Kier molecular flexibility index (Phi) is 4.43. The molecule has 0 radical (unpaired) electrons. The summed E-state index contributed by atoms with van der Waals surface area (Å²) in [6.07, 6.45) is -4.75. The summed E-state index contributed by atoms with van der Waals surface area (Å²) in [6, 6.07) is 3.35. The number of rotatable bonds is 3. The van der Waals surface area contributed by atoms with Gasteiger partial charge in [-0.1, -0.05) is 0 Å². The zero-order chi connectivity index (χ0) is 19.9. The fraction of sp³-hybridized carbons (Fsp3) is 0.250. The number of halogens is 5. The van der Waals surface area contributed by atoms with Crippen LogP contribution >= 0.6 is 0 Å². The van der Waals surface area contributed by atoms with E-state index in [-0.39, 0.29) is 23.6 Å². The summed E-state index contributed by atoms with van der Waals surface area (Å²) in [6.45, 7) is 3.06. The van der Waals surface area contributed by atoms with E-state index in [1.807, 2.05) is 0 Å². The van der Waals surface area contributed by atoms with E-state index in [1.54, 1.807) is 13.8 Å². The third-order valence-corrected chi connectivity index (χ3v) is 4.02. The van der Waals surface area contributed by atoms with Crippen LogP contribution in [0, 0.1) is 36.8 Å². The Labute approximate surface area is 149 Å². The van der Waals surface area contributed by atoms with Crippen LogP contribution in [-0.4, -0.2) is 19.8 Å². The van der Waals surface area contributed by atoms with E-state index >= 15 is 0 Å². The molecule has 0 atom stereocenters. The molecule has 0 unspecified atom stereocenters. The van der Waals surface area contributed by atoms with Gasteiger partial charge in [-0.15, -0.1) is 15.3 Å². The Morgan fingerprint density at radius 2 is 1.74 bits per heavy atom. The molecule has 2 heterocycles. The van der Waals surface area contributed by atoms with Gasteiger partial charge in [0.05, 0.1) is 0 Å². The van der Waals surface area contributed by atoms with Gasteiger partial charge in [0.1, 0.15) is 23.3 Å². The molecule has 27 heavy (non-hydrogen) atoms. The molecule has 3 aromatic rings. The number of nitriles is 1. The Morgan fingerprint density at radius 1 is 1.11 bits per heavy atom. The molecule has 2 aromatic heterocycles. The molecule has 1 aromatic carbocycles. The minimum Gasteiger partial charge on any atom is -0.364 e. The van der Waals surface area contributed by atoms with Gasteiger partial charge in [-0.25, -0.2) is 8.78 Å². The van der Waals surface area contributed by atoms with Crippen molar-refractivity contribution in [3.05, 3.63) is 51.8 Å². The molecular weight excluding hydrogens is 371 g/mol. The lowest BCUT2D eigenvalue weighted by Crippen LogP contribution is -2.15. The fourth-order valence-electron chi connectivity index (χ4n) is 2.49. The Bertz CT molecular complexity index is 1060. The zero-order valence-corrected chi connectivity index (χ0v) is 14.0. The molecule has 0 spiro atoms. The van der Waals surface area contributed by atoms with Crippen LogP contribution in [0.15, 0.2) is 12.1 Å². The smallest absolute Gasteiger partial charge is 0.364 e. The van der Waals surface area contributed by atoms with E-state index in [0.29, 0.717) is 15.6 Å². The average molecular weight is 382 g/mol. The van der Waals surface area contributed by atoms with Crippen molar-refractivity contribution in [2.75, 3.05) is 5.32 Å². The first kappa shape index (κ1) is 18.5. The SMILES string of the molecule is Cc1c(NCc2cc(F)c(C#N)c(F)c2)nn2c(C(F)(F)F)nnc2c1C. The molecular formula is C16H11F5N6. The summed E-state index contributed by atoms with van der Waals surface area (Å²) in [5, 5.41) is 22.0.